The molecule has 1 heterocycles. The summed E-state index contributed by atoms with van der Waals surface area (Å²) in [5, 5.41) is 2.91. The molecular formula is C19H20BrFN2O3S. The number of amides is 1. The molecule has 0 radical (unpaired) electrons. The third kappa shape index (κ3) is 4.23. The van der Waals surface area contributed by atoms with E-state index in [0.29, 0.717) is 12.8 Å². The lowest BCUT2D eigenvalue weighted by atomic mass is 10.1. The third-order valence-electron chi connectivity index (χ3n) is 4.66. The van der Waals surface area contributed by atoms with Gasteiger partial charge in [-0.2, -0.15) is 4.31 Å². The quantitative estimate of drug-likeness (QED) is 0.749. The maximum Gasteiger partial charge on any atom is 0.243 e. The van der Waals surface area contributed by atoms with E-state index in [2.05, 4.69) is 21.2 Å². The summed E-state index contributed by atoms with van der Waals surface area (Å²) in [6.07, 6.45) is 1.05. The van der Waals surface area contributed by atoms with E-state index in [-0.39, 0.29) is 23.4 Å². The molecule has 1 fully saturated rings. The van der Waals surface area contributed by atoms with E-state index in [0.717, 1.165) is 22.2 Å². The smallest absolute Gasteiger partial charge is 0.243 e. The molecule has 1 aliphatic heterocycles. The van der Waals surface area contributed by atoms with Gasteiger partial charge in [0.05, 0.1) is 10.9 Å². The second-order valence-electron chi connectivity index (χ2n) is 6.48. The van der Waals surface area contributed by atoms with Gasteiger partial charge in [-0.15, -0.1) is 0 Å². The zero-order valence-corrected chi connectivity index (χ0v) is 17.1. The summed E-state index contributed by atoms with van der Waals surface area (Å²) in [6, 6.07) is 11.2. The predicted molar refractivity (Wildman–Crippen MR) is 104 cm³/mol. The van der Waals surface area contributed by atoms with Gasteiger partial charge in [0, 0.05) is 11.0 Å². The minimum atomic E-state index is -3.86. The highest BCUT2D eigenvalue weighted by atomic mass is 79.9. The van der Waals surface area contributed by atoms with Crippen LogP contribution >= 0.6 is 15.9 Å². The van der Waals surface area contributed by atoms with E-state index in [1.807, 2.05) is 31.2 Å². The molecule has 144 valence electrons. The summed E-state index contributed by atoms with van der Waals surface area (Å²) in [6.45, 7) is 2.12. The number of nitrogens with zero attached hydrogens (tertiary/aromatic N) is 1. The van der Waals surface area contributed by atoms with Crippen molar-refractivity contribution in [1.82, 2.24) is 9.62 Å². The molecular weight excluding hydrogens is 435 g/mol. The topological polar surface area (TPSA) is 66.5 Å². The molecule has 2 atom stereocenters. The zero-order valence-electron chi connectivity index (χ0n) is 14.7. The molecule has 2 aromatic carbocycles. The molecule has 5 nitrogen and oxygen atoms in total. The van der Waals surface area contributed by atoms with Gasteiger partial charge in [0.25, 0.3) is 0 Å². The number of carbonyl (C=O) groups is 1. The van der Waals surface area contributed by atoms with Crippen LogP contribution in [0.4, 0.5) is 4.39 Å². The van der Waals surface area contributed by atoms with Crippen LogP contribution in [-0.2, 0) is 14.8 Å². The Morgan fingerprint density at radius 1 is 1.22 bits per heavy atom. The molecule has 1 saturated heterocycles. The molecule has 0 saturated carbocycles. The van der Waals surface area contributed by atoms with Gasteiger partial charge in [-0.25, -0.2) is 12.8 Å². The fraction of sp³-hybridized carbons (Fsp3) is 0.316. The first-order valence-electron chi connectivity index (χ1n) is 8.63. The van der Waals surface area contributed by atoms with Crippen LogP contribution in [0.25, 0.3) is 0 Å². The molecule has 0 unspecified atom stereocenters. The Bertz CT molecular complexity index is 934. The lowest BCUT2D eigenvalue weighted by Crippen LogP contribution is -2.46. The van der Waals surface area contributed by atoms with Crippen LogP contribution in [-0.4, -0.2) is 31.2 Å². The van der Waals surface area contributed by atoms with Crippen molar-refractivity contribution < 1.29 is 17.6 Å². The molecule has 1 aliphatic rings. The average molecular weight is 455 g/mol. The highest BCUT2D eigenvalue weighted by molar-refractivity contribution is 9.10. The number of benzene rings is 2. The van der Waals surface area contributed by atoms with Crippen LogP contribution in [0.15, 0.2) is 57.9 Å². The number of carbonyl (C=O) groups excluding carboxylic acids is 1. The van der Waals surface area contributed by atoms with Gasteiger partial charge in [0.1, 0.15) is 11.9 Å². The summed E-state index contributed by atoms with van der Waals surface area (Å²) >= 11 is 3.46. The van der Waals surface area contributed by atoms with Crippen molar-refractivity contribution in [3.63, 3.8) is 0 Å². The first-order valence-corrected chi connectivity index (χ1v) is 10.9. The number of rotatable bonds is 5. The van der Waals surface area contributed by atoms with Crippen molar-refractivity contribution in [3.8, 4) is 0 Å². The number of halogens is 2. The average Bonchev–Trinajstić information content (AvgIpc) is 3.13. The van der Waals surface area contributed by atoms with Crippen LogP contribution in [0.1, 0.15) is 31.4 Å². The summed E-state index contributed by atoms with van der Waals surface area (Å²) in [5.74, 6) is -0.839. The first kappa shape index (κ1) is 20.0. The Labute approximate surface area is 166 Å². The van der Waals surface area contributed by atoms with Crippen LogP contribution < -0.4 is 5.32 Å². The summed E-state index contributed by atoms with van der Waals surface area (Å²) in [5.41, 5.74) is 0.914. The van der Waals surface area contributed by atoms with Crippen molar-refractivity contribution in [2.45, 2.75) is 36.7 Å². The van der Waals surface area contributed by atoms with Gasteiger partial charge < -0.3 is 5.32 Å². The van der Waals surface area contributed by atoms with Crippen LogP contribution in [0.3, 0.4) is 0 Å². The van der Waals surface area contributed by atoms with Gasteiger partial charge >= 0.3 is 0 Å². The second kappa shape index (κ2) is 8.08. The Balaban J connectivity index is 1.78. The van der Waals surface area contributed by atoms with Gasteiger partial charge in [-0.05, 0) is 55.7 Å². The van der Waals surface area contributed by atoms with Gasteiger partial charge in [0.2, 0.25) is 15.9 Å². The van der Waals surface area contributed by atoms with Crippen LogP contribution in [0.5, 0.6) is 0 Å². The first-order chi connectivity index (χ1) is 12.8. The number of sulfonamides is 1. The van der Waals surface area contributed by atoms with Crippen LogP contribution in [0, 0.1) is 5.82 Å². The molecule has 1 amide bonds. The standard InChI is InChI=1S/C19H20BrFN2O3S/c1-13(16-5-2-3-6-17(16)20)22-19(24)18-7-4-12-23(18)27(25,26)15-10-8-14(21)9-11-15/h2-3,5-6,8-11,13,18H,4,7,12H2,1H3,(H,22,24)/t13-,18-/m1/s1. The molecule has 0 aliphatic carbocycles. The Morgan fingerprint density at radius 3 is 2.56 bits per heavy atom. The summed E-state index contributed by atoms with van der Waals surface area (Å²) in [4.78, 5) is 12.8. The molecule has 2 aromatic rings. The summed E-state index contributed by atoms with van der Waals surface area (Å²) in [7, 11) is -3.86. The third-order valence-corrected chi connectivity index (χ3v) is 7.30. The largest absolute Gasteiger partial charge is 0.348 e. The highest BCUT2D eigenvalue weighted by Gasteiger charge is 2.39. The van der Waals surface area contributed by atoms with E-state index in [1.54, 1.807) is 0 Å². The van der Waals surface area contributed by atoms with Gasteiger partial charge in [0.15, 0.2) is 0 Å². The molecule has 0 bridgehead atoms. The van der Waals surface area contributed by atoms with Crippen molar-refractivity contribution in [2.75, 3.05) is 6.54 Å². The van der Waals surface area contributed by atoms with E-state index in [1.165, 1.54) is 16.4 Å². The van der Waals surface area contributed by atoms with E-state index in [9.17, 15) is 17.6 Å². The lowest BCUT2D eigenvalue weighted by molar-refractivity contribution is -0.124. The fourth-order valence-corrected chi connectivity index (χ4v) is 5.53. The normalized spacial score (nSPS) is 19.0. The minimum absolute atomic E-state index is 0.0116. The summed E-state index contributed by atoms with van der Waals surface area (Å²) < 4.78 is 41.0. The molecule has 27 heavy (non-hydrogen) atoms. The minimum Gasteiger partial charge on any atom is -0.348 e. The zero-order chi connectivity index (χ0) is 19.6. The van der Waals surface area contributed by atoms with Crippen molar-refractivity contribution in [2.24, 2.45) is 0 Å². The van der Waals surface area contributed by atoms with Crippen LogP contribution in [0.2, 0.25) is 0 Å². The van der Waals surface area contributed by atoms with Gasteiger partial charge in [-0.3, -0.25) is 4.79 Å². The molecule has 0 aromatic heterocycles. The maximum absolute atomic E-state index is 13.1. The molecule has 1 N–H and O–H groups in total. The second-order valence-corrected chi connectivity index (χ2v) is 9.22. The maximum atomic E-state index is 13.1. The number of nitrogens with one attached hydrogen (secondary N) is 1. The number of hydrogen-bond donors (Lipinski definition) is 1. The van der Waals surface area contributed by atoms with E-state index >= 15 is 0 Å². The highest BCUT2D eigenvalue weighted by Crippen LogP contribution is 2.28. The fourth-order valence-electron chi connectivity index (χ4n) is 3.25. The lowest BCUT2D eigenvalue weighted by Gasteiger charge is -2.25. The van der Waals surface area contributed by atoms with Crippen molar-refractivity contribution >= 4 is 31.9 Å². The number of hydrogen-bond acceptors (Lipinski definition) is 3. The monoisotopic (exact) mass is 454 g/mol. The SMILES string of the molecule is C[C@@H](NC(=O)[C@H]1CCCN1S(=O)(=O)c1ccc(F)cc1)c1ccccc1Br. The Hall–Kier alpha value is -1.77. The molecule has 8 heteroatoms. The predicted octanol–water partition coefficient (Wildman–Crippen LogP) is 3.62. The Morgan fingerprint density at radius 2 is 1.89 bits per heavy atom. The molecule has 3 rings (SSSR count). The van der Waals surface area contributed by atoms with Crippen molar-refractivity contribution in [3.05, 3.63) is 64.4 Å². The Kier molecular flexibility index (Phi) is 5.98. The van der Waals surface area contributed by atoms with E-state index < -0.39 is 21.9 Å². The molecule has 0 spiro atoms. The van der Waals surface area contributed by atoms with Crippen molar-refractivity contribution in [1.29, 1.82) is 0 Å². The van der Waals surface area contributed by atoms with Gasteiger partial charge in [-0.1, -0.05) is 34.1 Å². The van der Waals surface area contributed by atoms with E-state index in [4.69, 9.17) is 0 Å².